The highest BCUT2D eigenvalue weighted by Gasteiger charge is 2.32. The largest absolute Gasteiger partial charge is 0.497 e. The van der Waals surface area contributed by atoms with Crippen LogP contribution in [0.25, 0.3) is 0 Å². The van der Waals surface area contributed by atoms with Crippen LogP contribution in [0.2, 0.25) is 0 Å². The Morgan fingerprint density at radius 1 is 1.24 bits per heavy atom. The molecule has 1 fully saturated rings. The Balaban J connectivity index is 1.80. The summed E-state index contributed by atoms with van der Waals surface area (Å²) in [5, 5.41) is 2.50. The molecule has 1 saturated heterocycles. The molecule has 1 aliphatic heterocycles. The van der Waals surface area contributed by atoms with E-state index in [1.54, 1.807) is 60.2 Å². The van der Waals surface area contributed by atoms with Gasteiger partial charge in [0.15, 0.2) is 0 Å². The summed E-state index contributed by atoms with van der Waals surface area (Å²) >= 11 is 1.55. The molecule has 0 bridgehead atoms. The molecule has 2 aromatic carbocycles. The number of carbonyl (C=O) groups is 1. The molecule has 7 heteroatoms. The van der Waals surface area contributed by atoms with Crippen LogP contribution in [0.1, 0.15) is 10.9 Å². The van der Waals surface area contributed by atoms with Crippen molar-refractivity contribution in [3.05, 3.63) is 53.8 Å². The molecule has 0 aromatic heterocycles. The summed E-state index contributed by atoms with van der Waals surface area (Å²) in [6.07, 6.45) is 0. The molecule has 1 N–H and O–H groups in total. The molecule has 0 spiro atoms. The van der Waals surface area contributed by atoms with Crippen molar-refractivity contribution in [3.63, 3.8) is 0 Å². The molecule has 1 aliphatic rings. The minimum Gasteiger partial charge on any atom is -0.497 e. The van der Waals surface area contributed by atoms with Gasteiger partial charge in [0, 0.05) is 23.9 Å². The number of nitrogens with one attached hydrogen (secondary N) is 1. The molecule has 2 amide bonds. The Morgan fingerprint density at radius 2 is 2.04 bits per heavy atom. The van der Waals surface area contributed by atoms with Gasteiger partial charge < -0.3 is 19.7 Å². The number of halogens is 1. The van der Waals surface area contributed by atoms with Gasteiger partial charge in [-0.25, -0.2) is 9.18 Å². The number of benzene rings is 2. The van der Waals surface area contributed by atoms with Crippen LogP contribution in [0, 0.1) is 5.82 Å². The number of amides is 2. The first kappa shape index (κ1) is 17.4. The van der Waals surface area contributed by atoms with Crippen molar-refractivity contribution < 1.29 is 18.7 Å². The van der Waals surface area contributed by atoms with E-state index in [0.717, 1.165) is 5.75 Å². The van der Waals surface area contributed by atoms with Gasteiger partial charge in [-0.1, -0.05) is 18.2 Å². The lowest BCUT2D eigenvalue weighted by Gasteiger charge is -2.25. The number of carbonyl (C=O) groups excluding carboxylic acids is 1. The number of urea groups is 1. The zero-order chi connectivity index (χ0) is 17.8. The molecule has 0 unspecified atom stereocenters. The first-order valence-corrected chi connectivity index (χ1v) is 8.84. The Morgan fingerprint density at radius 3 is 2.76 bits per heavy atom. The highest BCUT2D eigenvalue weighted by Crippen LogP contribution is 2.39. The van der Waals surface area contributed by atoms with Crippen LogP contribution in [0.4, 0.5) is 14.9 Å². The lowest BCUT2D eigenvalue weighted by molar-refractivity contribution is 0.213. The molecular weight excluding hydrogens is 343 g/mol. The third-order valence-electron chi connectivity index (χ3n) is 3.97. The van der Waals surface area contributed by atoms with Gasteiger partial charge in [-0.05, 0) is 18.2 Å². The van der Waals surface area contributed by atoms with Crippen molar-refractivity contribution in [1.29, 1.82) is 0 Å². The molecule has 0 saturated carbocycles. The topological polar surface area (TPSA) is 50.8 Å². The van der Waals surface area contributed by atoms with Crippen molar-refractivity contribution >= 4 is 23.5 Å². The summed E-state index contributed by atoms with van der Waals surface area (Å²) in [6, 6.07) is 11.4. The third-order valence-corrected chi connectivity index (χ3v) is 5.22. The van der Waals surface area contributed by atoms with Crippen molar-refractivity contribution in [2.45, 2.75) is 5.37 Å². The van der Waals surface area contributed by atoms with Crippen molar-refractivity contribution in [2.24, 2.45) is 0 Å². The number of methoxy groups -OCH3 is 2. The molecule has 3 rings (SSSR count). The fourth-order valence-electron chi connectivity index (χ4n) is 2.70. The molecule has 25 heavy (non-hydrogen) atoms. The summed E-state index contributed by atoms with van der Waals surface area (Å²) in [4.78, 5) is 14.4. The zero-order valence-electron chi connectivity index (χ0n) is 14.0. The fraction of sp³-hybridized carbons (Fsp3) is 0.278. The molecule has 0 aliphatic carbocycles. The van der Waals surface area contributed by atoms with Gasteiger partial charge in [0.25, 0.3) is 0 Å². The second-order valence-electron chi connectivity index (χ2n) is 5.43. The quantitative estimate of drug-likeness (QED) is 0.889. The number of nitrogens with zero attached hydrogens (tertiary/aromatic N) is 1. The van der Waals surface area contributed by atoms with Crippen LogP contribution in [0.3, 0.4) is 0 Å². The molecule has 1 heterocycles. The lowest BCUT2D eigenvalue weighted by atomic mass is 10.2. The highest BCUT2D eigenvalue weighted by molar-refractivity contribution is 7.99. The molecular formula is C18H19FN2O3S. The third kappa shape index (κ3) is 3.66. The lowest BCUT2D eigenvalue weighted by Crippen LogP contribution is -2.34. The molecule has 5 nitrogen and oxygen atoms in total. The molecule has 2 aromatic rings. The van der Waals surface area contributed by atoms with Gasteiger partial charge in [-0.3, -0.25) is 0 Å². The maximum Gasteiger partial charge on any atom is 0.323 e. The summed E-state index contributed by atoms with van der Waals surface area (Å²) < 4.78 is 24.6. The van der Waals surface area contributed by atoms with E-state index in [2.05, 4.69) is 5.32 Å². The van der Waals surface area contributed by atoms with Crippen LogP contribution < -0.4 is 14.8 Å². The second-order valence-corrected chi connectivity index (χ2v) is 6.62. The van der Waals surface area contributed by atoms with Gasteiger partial charge in [0.1, 0.15) is 22.7 Å². The number of rotatable bonds is 4. The summed E-state index contributed by atoms with van der Waals surface area (Å²) in [6.45, 7) is 0.550. The van der Waals surface area contributed by atoms with Crippen LogP contribution in [-0.4, -0.2) is 37.4 Å². The van der Waals surface area contributed by atoms with Gasteiger partial charge in [0.05, 0.1) is 19.9 Å². The average molecular weight is 362 g/mol. The normalized spacial score (nSPS) is 16.6. The summed E-state index contributed by atoms with van der Waals surface area (Å²) in [5.74, 6) is 1.59. The second kappa shape index (κ2) is 7.65. The first-order chi connectivity index (χ1) is 12.1. The van der Waals surface area contributed by atoms with Gasteiger partial charge >= 0.3 is 6.03 Å². The summed E-state index contributed by atoms with van der Waals surface area (Å²) in [5.41, 5.74) is 1.05. The minimum absolute atomic E-state index is 0.290. The minimum atomic E-state index is -0.342. The van der Waals surface area contributed by atoms with Crippen molar-refractivity contribution in [3.8, 4) is 11.5 Å². The maximum atomic E-state index is 14.1. The molecule has 1 atom stereocenters. The van der Waals surface area contributed by atoms with E-state index in [4.69, 9.17) is 9.47 Å². The van der Waals surface area contributed by atoms with E-state index < -0.39 is 0 Å². The van der Waals surface area contributed by atoms with E-state index in [0.29, 0.717) is 29.3 Å². The van der Waals surface area contributed by atoms with Crippen molar-refractivity contribution in [2.75, 3.05) is 31.8 Å². The Kier molecular flexibility index (Phi) is 5.33. The van der Waals surface area contributed by atoms with Gasteiger partial charge in [0.2, 0.25) is 0 Å². The monoisotopic (exact) mass is 362 g/mol. The van der Waals surface area contributed by atoms with E-state index >= 15 is 0 Å². The standard InChI is InChI=1S/C18H19FN2O3S/c1-23-12-7-8-15(16(11-12)24-2)20-18(22)21-9-10-25-17(21)13-5-3-4-6-14(13)19/h3-8,11,17H,9-10H2,1-2H3,(H,20,22)/t17-/m0/s1. The van der Waals surface area contributed by atoms with Crippen LogP contribution >= 0.6 is 11.8 Å². The zero-order valence-corrected chi connectivity index (χ0v) is 14.8. The van der Waals surface area contributed by atoms with Crippen molar-refractivity contribution in [1.82, 2.24) is 4.90 Å². The predicted octanol–water partition coefficient (Wildman–Crippen LogP) is 4.12. The van der Waals surface area contributed by atoms with Crippen LogP contribution in [0.15, 0.2) is 42.5 Å². The smallest absolute Gasteiger partial charge is 0.323 e. The number of hydrogen-bond donors (Lipinski definition) is 1. The Hall–Kier alpha value is -2.41. The molecule has 132 valence electrons. The number of hydrogen-bond acceptors (Lipinski definition) is 4. The number of anilines is 1. The maximum absolute atomic E-state index is 14.1. The van der Waals surface area contributed by atoms with E-state index in [-0.39, 0.29) is 17.2 Å². The van der Waals surface area contributed by atoms with Crippen LogP contribution in [0.5, 0.6) is 11.5 Å². The highest BCUT2D eigenvalue weighted by atomic mass is 32.2. The average Bonchev–Trinajstić information content (AvgIpc) is 3.12. The van der Waals surface area contributed by atoms with E-state index in [9.17, 15) is 9.18 Å². The van der Waals surface area contributed by atoms with E-state index in [1.807, 2.05) is 0 Å². The first-order valence-electron chi connectivity index (χ1n) is 7.79. The Labute approximate surface area is 150 Å². The Bertz CT molecular complexity index is 772. The van der Waals surface area contributed by atoms with E-state index in [1.165, 1.54) is 13.2 Å². The number of thioether (sulfide) groups is 1. The SMILES string of the molecule is COc1ccc(NC(=O)N2CCS[C@H]2c2ccccc2F)c(OC)c1. The van der Waals surface area contributed by atoms with Gasteiger partial charge in [-0.2, -0.15) is 0 Å². The predicted molar refractivity (Wildman–Crippen MR) is 96.9 cm³/mol. The number of ether oxygens (including phenoxy) is 2. The van der Waals surface area contributed by atoms with Crippen LogP contribution in [-0.2, 0) is 0 Å². The fourth-order valence-corrected chi connectivity index (χ4v) is 3.98. The van der Waals surface area contributed by atoms with Gasteiger partial charge in [-0.15, -0.1) is 11.8 Å². The summed E-state index contributed by atoms with van der Waals surface area (Å²) in [7, 11) is 3.09. The molecule has 0 radical (unpaired) electrons.